The van der Waals surface area contributed by atoms with Crippen LogP contribution in [0.3, 0.4) is 0 Å². The van der Waals surface area contributed by atoms with Gasteiger partial charge in [0.05, 0.1) is 10.5 Å². The summed E-state index contributed by atoms with van der Waals surface area (Å²) in [5, 5.41) is 19.7. The summed E-state index contributed by atoms with van der Waals surface area (Å²) in [4.78, 5) is 10.3. The molecule has 0 radical (unpaired) electrons. The Balaban J connectivity index is 2.34. The number of halogens is 1. The zero-order valence-corrected chi connectivity index (χ0v) is 11.1. The van der Waals surface area contributed by atoms with Crippen molar-refractivity contribution >= 4 is 21.6 Å². The van der Waals surface area contributed by atoms with E-state index >= 15 is 0 Å². The van der Waals surface area contributed by atoms with Gasteiger partial charge in [-0.15, -0.1) is 0 Å². The van der Waals surface area contributed by atoms with Crippen LogP contribution in [-0.4, -0.2) is 4.92 Å². The molecule has 0 fully saturated rings. The lowest BCUT2D eigenvalue weighted by Gasteiger charge is -2.06. The van der Waals surface area contributed by atoms with Crippen LogP contribution in [0.25, 0.3) is 0 Å². The summed E-state index contributed by atoms with van der Waals surface area (Å²) in [7, 11) is 0. The van der Waals surface area contributed by atoms with E-state index in [-0.39, 0.29) is 11.4 Å². The number of hydrogen-bond donors (Lipinski definition) is 0. The number of ether oxygens (including phenoxy) is 1. The molecule has 0 aliphatic carbocycles. The zero-order chi connectivity index (χ0) is 13.8. The number of benzene rings is 2. The molecule has 2 aromatic carbocycles. The molecule has 0 atom stereocenters. The Morgan fingerprint density at radius 2 is 2.00 bits per heavy atom. The fraction of sp³-hybridized carbons (Fsp3) is 0. The Labute approximate surface area is 117 Å². The van der Waals surface area contributed by atoms with Gasteiger partial charge >= 0.3 is 5.69 Å². The van der Waals surface area contributed by atoms with Crippen LogP contribution in [0.2, 0.25) is 0 Å². The van der Waals surface area contributed by atoms with Crippen LogP contribution in [-0.2, 0) is 0 Å². The number of nitriles is 1. The first-order valence-electron chi connectivity index (χ1n) is 5.22. The summed E-state index contributed by atoms with van der Waals surface area (Å²) in [6.07, 6.45) is 0. The molecule has 0 aliphatic rings. The highest BCUT2D eigenvalue weighted by molar-refractivity contribution is 9.10. The quantitative estimate of drug-likeness (QED) is 0.632. The number of nitro benzene ring substituents is 1. The highest BCUT2D eigenvalue weighted by Gasteiger charge is 2.14. The normalized spacial score (nSPS) is 9.68. The van der Waals surface area contributed by atoms with E-state index in [2.05, 4.69) is 15.9 Å². The lowest BCUT2D eigenvalue weighted by atomic mass is 10.2. The maximum Gasteiger partial charge on any atom is 0.311 e. The summed E-state index contributed by atoms with van der Waals surface area (Å²) < 4.78 is 6.05. The van der Waals surface area contributed by atoms with Crippen molar-refractivity contribution in [3.05, 3.63) is 62.6 Å². The van der Waals surface area contributed by atoms with Crippen LogP contribution in [0.4, 0.5) is 5.69 Å². The number of nitro groups is 1. The number of hydrogen-bond acceptors (Lipinski definition) is 4. The first kappa shape index (κ1) is 13.1. The van der Waals surface area contributed by atoms with Crippen molar-refractivity contribution in [3.8, 4) is 17.6 Å². The van der Waals surface area contributed by atoms with Crippen LogP contribution in [0, 0.1) is 21.4 Å². The van der Waals surface area contributed by atoms with E-state index in [9.17, 15) is 10.1 Å². The molecule has 0 N–H and O–H groups in total. The Hall–Kier alpha value is -2.39. The molecule has 0 saturated carbocycles. The second-order valence-electron chi connectivity index (χ2n) is 3.58. The Kier molecular flexibility index (Phi) is 3.78. The first-order chi connectivity index (χ1) is 9.11. The van der Waals surface area contributed by atoms with Crippen molar-refractivity contribution in [2.24, 2.45) is 0 Å². The van der Waals surface area contributed by atoms with Crippen LogP contribution < -0.4 is 4.74 Å². The summed E-state index contributed by atoms with van der Waals surface area (Å²) in [6.45, 7) is 0. The molecule has 0 unspecified atom stereocenters. The standard InChI is InChI=1S/C13H7BrN2O3/c14-11-7-10(6-5-9(11)8-15)19-13-4-2-1-3-12(13)16(17)18/h1-7H. The maximum atomic E-state index is 10.9. The minimum absolute atomic E-state index is 0.108. The zero-order valence-electron chi connectivity index (χ0n) is 9.54. The summed E-state index contributed by atoms with van der Waals surface area (Å²) in [5.41, 5.74) is 0.359. The summed E-state index contributed by atoms with van der Waals surface area (Å²) in [5.74, 6) is 0.573. The van der Waals surface area contributed by atoms with Crippen LogP contribution in [0.5, 0.6) is 11.5 Å². The van der Waals surface area contributed by atoms with Crippen LogP contribution >= 0.6 is 15.9 Å². The van der Waals surface area contributed by atoms with E-state index in [1.807, 2.05) is 6.07 Å². The fourth-order valence-corrected chi connectivity index (χ4v) is 1.92. The Morgan fingerprint density at radius 1 is 1.26 bits per heavy atom. The van der Waals surface area contributed by atoms with Gasteiger partial charge in [0.1, 0.15) is 11.8 Å². The minimum atomic E-state index is -0.506. The van der Waals surface area contributed by atoms with Gasteiger partial charge in [0.25, 0.3) is 0 Å². The predicted octanol–water partition coefficient (Wildman–Crippen LogP) is 4.02. The first-order valence-corrected chi connectivity index (χ1v) is 6.02. The van der Waals surface area contributed by atoms with Gasteiger partial charge in [-0.1, -0.05) is 12.1 Å². The SMILES string of the molecule is N#Cc1ccc(Oc2ccccc2[N+](=O)[O-])cc1Br. The van der Waals surface area contributed by atoms with Crippen molar-refractivity contribution in [1.29, 1.82) is 5.26 Å². The molecule has 5 nitrogen and oxygen atoms in total. The molecule has 0 heterocycles. The average molecular weight is 319 g/mol. The molecule has 0 aromatic heterocycles. The van der Waals surface area contributed by atoms with E-state index in [0.717, 1.165) is 0 Å². The molecule has 0 bridgehead atoms. The van der Waals surface area contributed by atoms with Gasteiger partial charge in [-0.05, 0) is 40.2 Å². The van der Waals surface area contributed by atoms with Crippen molar-refractivity contribution in [2.45, 2.75) is 0 Å². The molecule has 0 spiro atoms. The van der Waals surface area contributed by atoms with Gasteiger partial charge in [-0.25, -0.2) is 0 Å². The highest BCUT2D eigenvalue weighted by atomic mass is 79.9. The third kappa shape index (κ3) is 2.89. The second kappa shape index (κ2) is 5.50. The van der Waals surface area contributed by atoms with Crippen LogP contribution in [0.15, 0.2) is 46.9 Å². The van der Waals surface area contributed by atoms with E-state index < -0.39 is 4.92 Å². The fourth-order valence-electron chi connectivity index (χ4n) is 1.47. The minimum Gasteiger partial charge on any atom is -0.450 e. The number of para-hydroxylation sites is 2. The molecule has 0 saturated heterocycles. The van der Waals surface area contributed by atoms with Gasteiger partial charge in [0.15, 0.2) is 0 Å². The highest BCUT2D eigenvalue weighted by Crippen LogP contribution is 2.32. The van der Waals surface area contributed by atoms with Gasteiger partial charge in [0.2, 0.25) is 5.75 Å². The molecule has 0 aliphatic heterocycles. The second-order valence-corrected chi connectivity index (χ2v) is 4.43. The molecule has 2 rings (SSSR count). The molecule has 94 valence electrons. The molecular formula is C13H7BrN2O3. The molecular weight excluding hydrogens is 312 g/mol. The van der Waals surface area contributed by atoms with E-state index in [4.69, 9.17) is 10.00 Å². The van der Waals surface area contributed by atoms with Crippen molar-refractivity contribution in [1.82, 2.24) is 0 Å². The van der Waals surface area contributed by atoms with Gasteiger partial charge in [-0.3, -0.25) is 10.1 Å². The third-order valence-electron chi connectivity index (χ3n) is 2.35. The third-order valence-corrected chi connectivity index (χ3v) is 3.01. The van der Waals surface area contributed by atoms with Gasteiger partial charge in [0, 0.05) is 10.5 Å². The Morgan fingerprint density at radius 3 is 2.63 bits per heavy atom. The van der Waals surface area contributed by atoms with E-state index in [1.54, 1.807) is 30.3 Å². The van der Waals surface area contributed by atoms with Crippen LogP contribution in [0.1, 0.15) is 5.56 Å². The smallest absolute Gasteiger partial charge is 0.311 e. The molecule has 19 heavy (non-hydrogen) atoms. The van der Waals surface area contributed by atoms with Gasteiger partial charge in [-0.2, -0.15) is 5.26 Å². The predicted molar refractivity (Wildman–Crippen MR) is 72.0 cm³/mol. The monoisotopic (exact) mass is 318 g/mol. The maximum absolute atomic E-state index is 10.9. The summed E-state index contributed by atoms with van der Waals surface area (Å²) in [6, 6.07) is 12.9. The van der Waals surface area contributed by atoms with Crippen molar-refractivity contribution in [2.75, 3.05) is 0 Å². The lowest BCUT2D eigenvalue weighted by Crippen LogP contribution is -1.93. The lowest BCUT2D eigenvalue weighted by molar-refractivity contribution is -0.385. The van der Waals surface area contributed by atoms with E-state index in [0.29, 0.717) is 15.8 Å². The van der Waals surface area contributed by atoms with Gasteiger partial charge < -0.3 is 4.74 Å². The Bertz CT molecular complexity index is 680. The molecule has 6 heteroatoms. The largest absolute Gasteiger partial charge is 0.450 e. The average Bonchev–Trinajstić information content (AvgIpc) is 2.39. The summed E-state index contributed by atoms with van der Waals surface area (Å²) >= 11 is 3.23. The topological polar surface area (TPSA) is 76.2 Å². The number of rotatable bonds is 3. The molecule has 0 amide bonds. The van der Waals surface area contributed by atoms with E-state index in [1.165, 1.54) is 12.1 Å². The van der Waals surface area contributed by atoms with Crippen molar-refractivity contribution < 1.29 is 9.66 Å². The van der Waals surface area contributed by atoms with Crippen molar-refractivity contribution in [3.63, 3.8) is 0 Å². The number of nitrogens with zero attached hydrogens (tertiary/aromatic N) is 2. The molecule has 2 aromatic rings.